The maximum absolute atomic E-state index is 10.1. The Morgan fingerprint density at radius 3 is 2.68 bits per heavy atom. The fraction of sp³-hybridized carbons (Fsp3) is 0.714. The van der Waals surface area contributed by atoms with Crippen LogP contribution in [-0.2, 0) is 15.9 Å². The number of methoxy groups -OCH3 is 1. The van der Waals surface area contributed by atoms with Gasteiger partial charge >= 0.3 is 0 Å². The van der Waals surface area contributed by atoms with Gasteiger partial charge in [-0.2, -0.15) is 0 Å². The van der Waals surface area contributed by atoms with Crippen LogP contribution in [0.1, 0.15) is 56.1 Å². The summed E-state index contributed by atoms with van der Waals surface area (Å²) in [5, 5.41) is 10.1. The molecule has 1 aromatic carbocycles. The van der Waals surface area contributed by atoms with E-state index in [1.54, 1.807) is 7.11 Å². The molecule has 1 heterocycles. The molecule has 1 aromatic rings. The standard InChI is InChI=1S/C21H28O4/c1-20-7-5-14-15(17(20)6-8-21(20)24-9-10-25-21)4-3-13-11-18(22)19(23-2)12-16(13)14/h11-12,14-15,17,22H,3-10H2,1-2H3/t14?,15?,17?,20-/m0/s1. The molecule has 1 aliphatic heterocycles. The lowest BCUT2D eigenvalue weighted by molar-refractivity contribution is -0.237. The SMILES string of the molecule is COc1cc2c(cc1O)CCC1C2CC[C@@]2(C)C1CCC21OCCO1. The Morgan fingerprint density at radius 1 is 1.12 bits per heavy atom. The average Bonchev–Trinajstić information content (AvgIpc) is 3.21. The van der Waals surface area contributed by atoms with Gasteiger partial charge in [0.25, 0.3) is 0 Å². The van der Waals surface area contributed by atoms with Gasteiger partial charge in [-0.25, -0.2) is 0 Å². The molecular formula is C21H28O4. The summed E-state index contributed by atoms with van der Waals surface area (Å²) in [5.41, 5.74) is 2.86. The van der Waals surface area contributed by atoms with E-state index in [0.717, 1.165) is 32.5 Å². The van der Waals surface area contributed by atoms with Gasteiger partial charge in [0.05, 0.1) is 20.3 Å². The number of ether oxygens (including phenoxy) is 3. The van der Waals surface area contributed by atoms with Crippen LogP contribution in [0.5, 0.6) is 11.5 Å². The van der Waals surface area contributed by atoms with Crippen LogP contribution in [0, 0.1) is 17.3 Å². The zero-order valence-corrected chi connectivity index (χ0v) is 15.2. The van der Waals surface area contributed by atoms with Gasteiger partial charge in [0.15, 0.2) is 17.3 Å². The number of phenols is 1. The van der Waals surface area contributed by atoms with E-state index in [4.69, 9.17) is 14.2 Å². The second kappa shape index (κ2) is 5.37. The minimum absolute atomic E-state index is 0.142. The van der Waals surface area contributed by atoms with Gasteiger partial charge in [-0.05, 0) is 73.1 Å². The van der Waals surface area contributed by atoms with Gasteiger partial charge in [0, 0.05) is 11.8 Å². The summed E-state index contributed by atoms with van der Waals surface area (Å²) in [4.78, 5) is 0. The van der Waals surface area contributed by atoms with E-state index in [1.165, 1.54) is 30.4 Å². The predicted molar refractivity (Wildman–Crippen MR) is 93.9 cm³/mol. The maximum atomic E-state index is 10.1. The summed E-state index contributed by atoms with van der Waals surface area (Å²) >= 11 is 0. The van der Waals surface area contributed by atoms with E-state index in [-0.39, 0.29) is 17.0 Å². The maximum Gasteiger partial charge on any atom is 0.174 e. The van der Waals surface area contributed by atoms with Crippen molar-refractivity contribution in [2.75, 3.05) is 20.3 Å². The molecule has 0 amide bonds. The summed E-state index contributed by atoms with van der Waals surface area (Å²) in [5.74, 6) is 2.49. The molecule has 4 aliphatic rings. The lowest BCUT2D eigenvalue weighted by Crippen LogP contribution is -2.51. The summed E-state index contributed by atoms with van der Waals surface area (Å²) in [6.07, 6.45) is 6.84. The van der Waals surface area contributed by atoms with Gasteiger partial charge in [0.2, 0.25) is 0 Å². The van der Waals surface area contributed by atoms with Crippen LogP contribution >= 0.6 is 0 Å². The highest BCUT2D eigenvalue weighted by molar-refractivity contribution is 5.49. The summed E-state index contributed by atoms with van der Waals surface area (Å²) in [6, 6.07) is 4.02. The Labute approximate surface area is 149 Å². The number of rotatable bonds is 1. The second-order valence-electron chi connectivity index (χ2n) is 8.58. The quantitative estimate of drug-likeness (QED) is 0.836. The second-order valence-corrected chi connectivity index (χ2v) is 8.58. The Balaban J connectivity index is 1.51. The number of hydrogen-bond donors (Lipinski definition) is 1. The minimum Gasteiger partial charge on any atom is -0.504 e. The van der Waals surface area contributed by atoms with Crippen molar-refractivity contribution < 1.29 is 19.3 Å². The first-order valence-electron chi connectivity index (χ1n) is 9.76. The molecule has 2 saturated carbocycles. The van der Waals surface area contributed by atoms with Crippen molar-refractivity contribution in [1.82, 2.24) is 0 Å². The fourth-order valence-corrected chi connectivity index (χ4v) is 6.64. The largest absolute Gasteiger partial charge is 0.504 e. The Kier molecular flexibility index (Phi) is 3.43. The highest BCUT2D eigenvalue weighted by Gasteiger charge is 2.65. The molecule has 1 saturated heterocycles. The Hall–Kier alpha value is -1.26. The third-order valence-corrected chi connectivity index (χ3v) is 7.82. The molecule has 3 fully saturated rings. The number of fused-ring (bicyclic) bond motifs is 6. The van der Waals surface area contributed by atoms with Gasteiger partial charge in [-0.15, -0.1) is 0 Å². The fourth-order valence-electron chi connectivity index (χ4n) is 6.64. The number of phenolic OH excluding ortho intramolecular Hbond substituents is 1. The first kappa shape index (κ1) is 16.0. The number of aryl methyl sites for hydroxylation is 1. The van der Waals surface area contributed by atoms with Gasteiger partial charge in [-0.3, -0.25) is 0 Å². The molecular weight excluding hydrogens is 316 g/mol. The first-order chi connectivity index (χ1) is 12.1. The molecule has 0 aromatic heterocycles. The molecule has 25 heavy (non-hydrogen) atoms. The van der Waals surface area contributed by atoms with Crippen LogP contribution in [0.4, 0.5) is 0 Å². The predicted octanol–water partition coefficient (Wildman–Crippen LogP) is 4.00. The Bertz CT molecular complexity index is 693. The van der Waals surface area contributed by atoms with Gasteiger partial charge in [0.1, 0.15) is 0 Å². The smallest absolute Gasteiger partial charge is 0.174 e. The van der Waals surface area contributed by atoms with E-state index in [9.17, 15) is 5.11 Å². The molecule has 1 spiro atoms. The molecule has 136 valence electrons. The third-order valence-electron chi connectivity index (χ3n) is 7.82. The normalized spacial score (nSPS) is 38.2. The third kappa shape index (κ3) is 2.01. The van der Waals surface area contributed by atoms with Crippen molar-refractivity contribution >= 4 is 0 Å². The van der Waals surface area contributed by atoms with Crippen molar-refractivity contribution in [2.45, 2.75) is 57.2 Å². The van der Waals surface area contributed by atoms with Gasteiger partial charge < -0.3 is 19.3 Å². The molecule has 1 N–H and O–H groups in total. The first-order valence-corrected chi connectivity index (χ1v) is 9.76. The van der Waals surface area contributed by atoms with Crippen molar-refractivity contribution in [2.24, 2.45) is 17.3 Å². The van der Waals surface area contributed by atoms with Crippen LogP contribution in [0.15, 0.2) is 12.1 Å². The van der Waals surface area contributed by atoms with Crippen molar-refractivity contribution in [3.05, 3.63) is 23.3 Å². The summed E-state index contributed by atoms with van der Waals surface area (Å²) in [6.45, 7) is 3.91. The topological polar surface area (TPSA) is 47.9 Å². The van der Waals surface area contributed by atoms with E-state index >= 15 is 0 Å². The van der Waals surface area contributed by atoms with Crippen LogP contribution in [-0.4, -0.2) is 31.2 Å². The zero-order valence-electron chi connectivity index (χ0n) is 15.2. The highest BCUT2D eigenvalue weighted by Crippen LogP contribution is 2.66. The van der Waals surface area contributed by atoms with E-state index in [1.807, 2.05) is 6.07 Å². The lowest BCUT2D eigenvalue weighted by atomic mass is 9.55. The molecule has 0 bridgehead atoms. The zero-order chi connectivity index (χ0) is 17.2. The van der Waals surface area contributed by atoms with Crippen molar-refractivity contribution in [3.63, 3.8) is 0 Å². The van der Waals surface area contributed by atoms with E-state index in [2.05, 4.69) is 13.0 Å². The summed E-state index contributed by atoms with van der Waals surface area (Å²) < 4.78 is 17.8. The average molecular weight is 344 g/mol. The van der Waals surface area contributed by atoms with Crippen molar-refractivity contribution in [3.8, 4) is 11.5 Å². The number of benzene rings is 1. The molecule has 3 aliphatic carbocycles. The molecule has 5 rings (SSSR count). The van der Waals surface area contributed by atoms with Crippen LogP contribution in [0.3, 0.4) is 0 Å². The van der Waals surface area contributed by atoms with Crippen LogP contribution in [0.2, 0.25) is 0 Å². The van der Waals surface area contributed by atoms with Crippen LogP contribution < -0.4 is 4.74 Å². The van der Waals surface area contributed by atoms with Crippen molar-refractivity contribution in [1.29, 1.82) is 0 Å². The Morgan fingerprint density at radius 2 is 1.92 bits per heavy atom. The number of aromatic hydroxyl groups is 1. The van der Waals surface area contributed by atoms with Crippen LogP contribution in [0.25, 0.3) is 0 Å². The van der Waals surface area contributed by atoms with E-state index < -0.39 is 0 Å². The minimum atomic E-state index is -0.324. The molecule has 4 heteroatoms. The lowest BCUT2D eigenvalue weighted by Gasteiger charge is -2.52. The van der Waals surface area contributed by atoms with E-state index in [0.29, 0.717) is 23.5 Å². The molecule has 0 radical (unpaired) electrons. The summed E-state index contributed by atoms with van der Waals surface area (Å²) in [7, 11) is 1.63. The highest BCUT2D eigenvalue weighted by atomic mass is 16.7. The van der Waals surface area contributed by atoms with Gasteiger partial charge in [-0.1, -0.05) is 6.92 Å². The number of hydrogen-bond acceptors (Lipinski definition) is 4. The molecule has 4 nitrogen and oxygen atoms in total. The molecule has 4 atom stereocenters. The monoisotopic (exact) mass is 344 g/mol. The molecule has 3 unspecified atom stereocenters.